The van der Waals surface area contributed by atoms with Gasteiger partial charge in [0.25, 0.3) is 0 Å². The lowest BCUT2D eigenvalue weighted by Gasteiger charge is -1.96. The van der Waals surface area contributed by atoms with Gasteiger partial charge in [0.05, 0.1) is 0 Å². The van der Waals surface area contributed by atoms with E-state index in [-0.39, 0.29) is 0 Å². The van der Waals surface area contributed by atoms with Crippen LogP contribution in [0.3, 0.4) is 0 Å². The van der Waals surface area contributed by atoms with Crippen LogP contribution >= 0.6 is 15.9 Å². The van der Waals surface area contributed by atoms with Crippen LogP contribution in [0.5, 0.6) is 0 Å². The van der Waals surface area contributed by atoms with Gasteiger partial charge in [-0.05, 0) is 23.6 Å². The molecular formula is C11H13Br. The standard InChI is InChI=1S/C11H13Br/c1-9(2)6-7-10-4-3-5-11(12)8-10/h3-9H,1-2H3. The highest BCUT2D eigenvalue weighted by Crippen LogP contribution is 2.13. The van der Waals surface area contributed by atoms with Crippen molar-refractivity contribution in [1.29, 1.82) is 0 Å². The summed E-state index contributed by atoms with van der Waals surface area (Å²) >= 11 is 3.44. The Morgan fingerprint density at radius 2 is 2.08 bits per heavy atom. The lowest BCUT2D eigenvalue weighted by molar-refractivity contribution is 0.836. The summed E-state index contributed by atoms with van der Waals surface area (Å²) in [5.41, 5.74) is 1.25. The Kier molecular flexibility index (Phi) is 3.54. The molecule has 0 nitrogen and oxygen atoms in total. The summed E-state index contributed by atoms with van der Waals surface area (Å²) in [6.07, 6.45) is 4.34. The summed E-state index contributed by atoms with van der Waals surface area (Å²) in [5.74, 6) is 0.615. The summed E-state index contributed by atoms with van der Waals surface area (Å²) < 4.78 is 1.13. The highest BCUT2D eigenvalue weighted by molar-refractivity contribution is 9.10. The number of hydrogen-bond donors (Lipinski definition) is 0. The molecule has 0 aliphatic carbocycles. The Bertz CT molecular complexity index is 274. The molecule has 0 spiro atoms. The Balaban J connectivity index is 2.76. The van der Waals surface area contributed by atoms with E-state index in [1.54, 1.807) is 0 Å². The Hall–Kier alpha value is -0.560. The average Bonchev–Trinajstić information content (AvgIpc) is 2.01. The molecule has 1 aromatic carbocycles. The average molecular weight is 225 g/mol. The van der Waals surface area contributed by atoms with Crippen molar-refractivity contribution in [3.63, 3.8) is 0 Å². The molecule has 0 saturated carbocycles. The maximum atomic E-state index is 3.44. The number of benzene rings is 1. The molecule has 0 aromatic heterocycles. The monoisotopic (exact) mass is 224 g/mol. The lowest BCUT2D eigenvalue weighted by Crippen LogP contribution is -1.77. The molecule has 0 fully saturated rings. The molecule has 1 aromatic rings. The zero-order valence-electron chi connectivity index (χ0n) is 7.42. The van der Waals surface area contributed by atoms with Crippen LogP contribution in [0.4, 0.5) is 0 Å². The second-order valence-corrected chi connectivity index (χ2v) is 4.07. The Labute approximate surface area is 82.4 Å². The lowest BCUT2D eigenvalue weighted by atomic mass is 10.1. The minimum atomic E-state index is 0.615. The third kappa shape index (κ3) is 3.22. The predicted molar refractivity (Wildman–Crippen MR) is 58.0 cm³/mol. The van der Waals surface area contributed by atoms with Crippen LogP contribution in [0, 0.1) is 5.92 Å². The first kappa shape index (κ1) is 9.53. The van der Waals surface area contributed by atoms with E-state index in [1.807, 2.05) is 12.1 Å². The van der Waals surface area contributed by atoms with Gasteiger partial charge in [-0.1, -0.05) is 54.1 Å². The zero-order valence-corrected chi connectivity index (χ0v) is 9.01. The Morgan fingerprint density at radius 1 is 1.33 bits per heavy atom. The van der Waals surface area contributed by atoms with E-state index in [0.29, 0.717) is 5.92 Å². The van der Waals surface area contributed by atoms with E-state index in [0.717, 1.165) is 4.47 Å². The van der Waals surface area contributed by atoms with E-state index < -0.39 is 0 Å². The van der Waals surface area contributed by atoms with Gasteiger partial charge in [-0.25, -0.2) is 0 Å². The van der Waals surface area contributed by atoms with E-state index in [4.69, 9.17) is 0 Å². The predicted octanol–water partition coefficient (Wildman–Crippen LogP) is 4.12. The normalized spacial score (nSPS) is 11.3. The molecule has 0 atom stereocenters. The van der Waals surface area contributed by atoms with Gasteiger partial charge in [0.2, 0.25) is 0 Å². The zero-order chi connectivity index (χ0) is 8.97. The number of rotatable bonds is 2. The first-order chi connectivity index (χ1) is 5.68. The minimum absolute atomic E-state index is 0.615. The smallest absolute Gasteiger partial charge is 0.0181 e. The summed E-state index contributed by atoms with van der Waals surface area (Å²) in [4.78, 5) is 0. The van der Waals surface area contributed by atoms with Crippen molar-refractivity contribution in [3.8, 4) is 0 Å². The van der Waals surface area contributed by atoms with Crippen LogP contribution in [0.25, 0.3) is 6.08 Å². The third-order valence-electron chi connectivity index (χ3n) is 1.52. The molecule has 0 saturated heterocycles. The topological polar surface area (TPSA) is 0 Å². The van der Waals surface area contributed by atoms with Crippen molar-refractivity contribution >= 4 is 22.0 Å². The summed E-state index contributed by atoms with van der Waals surface area (Å²) in [7, 11) is 0. The third-order valence-corrected chi connectivity index (χ3v) is 2.02. The minimum Gasteiger partial charge on any atom is -0.0814 e. The van der Waals surface area contributed by atoms with Crippen molar-refractivity contribution in [2.24, 2.45) is 5.92 Å². The van der Waals surface area contributed by atoms with E-state index >= 15 is 0 Å². The fourth-order valence-electron chi connectivity index (χ4n) is 0.914. The van der Waals surface area contributed by atoms with Crippen LogP contribution in [-0.2, 0) is 0 Å². The molecule has 0 amide bonds. The van der Waals surface area contributed by atoms with Crippen LogP contribution < -0.4 is 0 Å². The molecule has 12 heavy (non-hydrogen) atoms. The van der Waals surface area contributed by atoms with Gasteiger partial charge in [0, 0.05) is 4.47 Å². The molecule has 0 aliphatic rings. The second-order valence-electron chi connectivity index (χ2n) is 3.16. The Morgan fingerprint density at radius 3 is 2.67 bits per heavy atom. The first-order valence-electron chi connectivity index (χ1n) is 4.12. The molecule has 0 aliphatic heterocycles. The molecule has 64 valence electrons. The number of allylic oxidation sites excluding steroid dienone is 1. The van der Waals surface area contributed by atoms with Crippen molar-refractivity contribution in [2.75, 3.05) is 0 Å². The van der Waals surface area contributed by atoms with Crippen molar-refractivity contribution in [2.45, 2.75) is 13.8 Å². The highest BCUT2D eigenvalue weighted by atomic mass is 79.9. The fourth-order valence-corrected chi connectivity index (χ4v) is 1.33. The van der Waals surface area contributed by atoms with Crippen LogP contribution in [-0.4, -0.2) is 0 Å². The second kappa shape index (κ2) is 4.46. The van der Waals surface area contributed by atoms with Gasteiger partial charge in [-0.15, -0.1) is 0 Å². The highest BCUT2D eigenvalue weighted by Gasteiger charge is 1.89. The van der Waals surface area contributed by atoms with Crippen molar-refractivity contribution < 1.29 is 0 Å². The molecule has 0 N–H and O–H groups in total. The summed E-state index contributed by atoms with van der Waals surface area (Å²) in [6, 6.07) is 8.29. The van der Waals surface area contributed by atoms with Crippen LogP contribution in [0.1, 0.15) is 19.4 Å². The number of hydrogen-bond acceptors (Lipinski definition) is 0. The molecular weight excluding hydrogens is 212 g/mol. The van der Waals surface area contributed by atoms with Crippen LogP contribution in [0.2, 0.25) is 0 Å². The van der Waals surface area contributed by atoms with Gasteiger partial charge in [0.15, 0.2) is 0 Å². The molecule has 1 heteroatoms. The van der Waals surface area contributed by atoms with E-state index in [2.05, 4.69) is 54.1 Å². The quantitative estimate of drug-likeness (QED) is 0.710. The number of halogens is 1. The maximum Gasteiger partial charge on any atom is 0.0181 e. The molecule has 0 radical (unpaired) electrons. The summed E-state index contributed by atoms with van der Waals surface area (Å²) in [6.45, 7) is 4.35. The van der Waals surface area contributed by atoms with Gasteiger partial charge < -0.3 is 0 Å². The van der Waals surface area contributed by atoms with Crippen molar-refractivity contribution in [1.82, 2.24) is 0 Å². The molecule has 1 rings (SSSR count). The molecule has 0 heterocycles. The largest absolute Gasteiger partial charge is 0.0814 e. The van der Waals surface area contributed by atoms with Gasteiger partial charge in [0.1, 0.15) is 0 Å². The maximum absolute atomic E-state index is 3.44. The van der Waals surface area contributed by atoms with Gasteiger partial charge in [-0.3, -0.25) is 0 Å². The first-order valence-corrected chi connectivity index (χ1v) is 4.91. The van der Waals surface area contributed by atoms with E-state index in [9.17, 15) is 0 Å². The van der Waals surface area contributed by atoms with Gasteiger partial charge >= 0.3 is 0 Å². The van der Waals surface area contributed by atoms with Gasteiger partial charge in [-0.2, -0.15) is 0 Å². The summed E-state index contributed by atoms with van der Waals surface area (Å²) in [5, 5.41) is 0. The molecule has 0 bridgehead atoms. The van der Waals surface area contributed by atoms with Crippen molar-refractivity contribution in [3.05, 3.63) is 40.4 Å². The fraction of sp³-hybridized carbons (Fsp3) is 0.273. The van der Waals surface area contributed by atoms with Crippen LogP contribution in [0.15, 0.2) is 34.8 Å². The molecule has 0 unspecified atom stereocenters. The SMILES string of the molecule is CC(C)C=Cc1cccc(Br)c1. The van der Waals surface area contributed by atoms with E-state index in [1.165, 1.54) is 5.56 Å².